The Labute approximate surface area is 343 Å². The summed E-state index contributed by atoms with van der Waals surface area (Å²) in [5.74, 6) is 0.379. The normalized spacial score (nSPS) is 12.1. The van der Waals surface area contributed by atoms with Crippen LogP contribution in [0.4, 0.5) is 6.01 Å². The number of carboxylic acids is 2. The number of benzene rings is 3. The van der Waals surface area contributed by atoms with Crippen LogP contribution < -0.4 is 19.1 Å². The molecular weight excluding hydrogens is 733 g/mol. The molecule has 10 nitrogen and oxygen atoms in total. The Balaban J connectivity index is 0.000000353. The predicted molar refractivity (Wildman–Crippen MR) is 233 cm³/mol. The zero-order valence-electron chi connectivity index (χ0n) is 34.2. The van der Waals surface area contributed by atoms with Gasteiger partial charge in [-0.1, -0.05) is 98.9 Å². The molecule has 0 fully saturated rings. The highest BCUT2D eigenvalue weighted by Crippen LogP contribution is 2.25. The van der Waals surface area contributed by atoms with E-state index in [1.165, 1.54) is 0 Å². The van der Waals surface area contributed by atoms with Crippen LogP contribution in [0.5, 0.6) is 17.2 Å². The first kappa shape index (κ1) is 46.4. The number of para-hydroxylation sites is 2. The van der Waals surface area contributed by atoms with Gasteiger partial charge in [0, 0.05) is 19.5 Å². The van der Waals surface area contributed by atoms with E-state index in [9.17, 15) is 14.7 Å². The average molecular weight is 793 g/mol. The minimum Gasteiger partial charge on any atom is -0.497 e. The molecule has 0 aliphatic carbocycles. The summed E-state index contributed by atoms with van der Waals surface area (Å²) < 4.78 is 22.8. The second-order valence-corrected chi connectivity index (χ2v) is 13.3. The smallest absolute Gasteiger partial charge is 0.344 e. The molecule has 0 saturated heterocycles. The summed E-state index contributed by atoms with van der Waals surface area (Å²) in [6.07, 6.45) is 28.7. The van der Waals surface area contributed by atoms with Crippen molar-refractivity contribution < 1.29 is 38.4 Å². The van der Waals surface area contributed by atoms with E-state index in [4.69, 9.17) is 23.7 Å². The van der Waals surface area contributed by atoms with Crippen molar-refractivity contribution in [3.05, 3.63) is 139 Å². The van der Waals surface area contributed by atoms with Gasteiger partial charge in [-0.05, 0) is 112 Å². The molecule has 0 aliphatic heterocycles. The fourth-order valence-corrected chi connectivity index (χ4v) is 5.50. The van der Waals surface area contributed by atoms with Crippen molar-refractivity contribution >= 4 is 29.1 Å². The Morgan fingerprint density at radius 2 is 1.40 bits per heavy atom. The van der Waals surface area contributed by atoms with E-state index in [1.54, 1.807) is 20.1 Å². The summed E-state index contributed by atoms with van der Waals surface area (Å²) in [5.41, 5.74) is 2.46. The monoisotopic (exact) mass is 792 g/mol. The summed E-state index contributed by atoms with van der Waals surface area (Å²) in [5, 5.41) is 17.8. The van der Waals surface area contributed by atoms with E-state index in [0.29, 0.717) is 37.9 Å². The fraction of sp³-hybridized carbons (Fsp3) is 0.354. The van der Waals surface area contributed by atoms with Crippen LogP contribution in [0.2, 0.25) is 0 Å². The van der Waals surface area contributed by atoms with E-state index >= 15 is 0 Å². The van der Waals surface area contributed by atoms with Gasteiger partial charge in [-0.2, -0.15) is 4.98 Å². The van der Waals surface area contributed by atoms with E-state index < -0.39 is 18.0 Å². The SMILES string of the molecule is CC/C=C\C/C=C\C/C=C\C/C=C\C/C=C\CCCC(=O)O.CC[C@@H](Oc1cccc(CN(CCCOc2ccc(OC)cc2)c2nc3ccccc3o2)c1)C(=O)O. The van der Waals surface area contributed by atoms with Crippen LogP contribution in [-0.2, 0) is 16.1 Å². The summed E-state index contributed by atoms with van der Waals surface area (Å²) in [6.45, 7) is 5.59. The number of unbranched alkanes of at least 4 members (excludes halogenated alkanes) is 1. The van der Waals surface area contributed by atoms with Crippen molar-refractivity contribution in [1.29, 1.82) is 0 Å². The molecule has 3 aromatic carbocycles. The molecule has 0 bridgehead atoms. The predicted octanol–water partition coefficient (Wildman–Crippen LogP) is 11.5. The lowest BCUT2D eigenvalue weighted by Crippen LogP contribution is -2.27. The van der Waals surface area contributed by atoms with Crippen LogP contribution in [0, 0.1) is 0 Å². The van der Waals surface area contributed by atoms with E-state index in [1.807, 2.05) is 71.6 Å². The highest BCUT2D eigenvalue weighted by atomic mass is 16.5. The number of aromatic nitrogens is 1. The number of hydrogen-bond acceptors (Lipinski definition) is 8. The Kier molecular flexibility index (Phi) is 22.7. The summed E-state index contributed by atoms with van der Waals surface area (Å²) in [4.78, 5) is 28.4. The quantitative estimate of drug-likeness (QED) is 0.0468. The van der Waals surface area contributed by atoms with Crippen LogP contribution in [0.3, 0.4) is 0 Å². The minimum absolute atomic E-state index is 0.258. The molecule has 4 aromatic rings. The number of carbonyl (C=O) groups is 2. The maximum Gasteiger partial charge on any atom is 0.344 e. The first-order chi connectivity index (χ1) is 28.3. The lowest BCUT2D eigenvalue weighted by molar-refractivity contribution is -0.145. The number of nitrogens with zero attached hydrogens (tertiary/aromatic N) is 2. The van der Waals surface area contributed by atoms with Gasteiger partial charge in [0.05, 0.1) is 13.7 Å². The van der Waals surface area contributed by atoms with Crippen LogP contribution >= 0.6 is 0 Å². The van der Waals surface area contributed by atoms with Gasteiger partial charge in [-0.25, -0.2) is 4.79 Å². The molecule has 310 valence electrons. The number of aliphatic carboxylic acids is 2. The number of rotatable bonds is 26. The molecular formula is C48H60N2O8. The van der Waals surface area contributed by atoms with Crippen molar-refractivity contribution in [2.45, 2.75) is 90.7 Å². The number of oxazole rings is 1. The van der Waals surface area contributed by atoms with Gasteiger partial charge in [0.2, 0.25) is 0 Å². The standard InChI is InChI=1S/C28H30N2O6.C20H30O2/c1-3-25(27(31)32)35-23-9-6-8-20(18-23)19-30(28-29-24-10-4-5-11-26(24)36-28)16-7-17-34-22-14-12-21(33-2)13-15-22;1-2-3-4-5-6-7-8-9-10-11-12-13-14-15-16-17-18-19-20(21)22/h4-6,8-15,18,25H,3,7,16-17,19H2,1-2H3,(H,31,32);3-4,6-7,9-10,12-13,15-16H,2,5,8,11,14,17-19H2,1H3,(H,21,22)/b;4-3-,7-6-,10-9-,13-12-,16-15-/t25-;/m1./s1. The van der Waals surface area contributed by atoms with Gasteiger partial charge < -0.3 is 33.7 Å². The van der Waals surface area contributed by atoms with Crippen LogP contribution in [0.25, 0.3) is 11.1 Å². The van der Waals surface area contributed by atoms with E-state index in [2.05, 4.69) is 72.7 Å². The number of allylic oxidation sites excluding steroid dienone is 10. The van der Waals surface area contributed by atoms with E-state index in [-0.39, 0.29) is 6.42 Å². The molecule has 0 aliphatic rings. The van der Waals surface area contributed by atoms with Crippen LogP contribution in [0.1, 0.15) is 83.6 Å². The molecule has 58 heavy (non-hydrogen) atoms. The second-order valence-electron chi connectivity index (χ2n) is 13.3. The Morgan fingerprint density at radius 1 is 0.759 bits per heavy atom. The Hall–Kier alpha value is -6.03. The number of methoxy groups -OCH3 is 1. The molecule has 0 radical (unpaired) electrons. The van der Waals surface area contributed by atoms with Crippen LogP contribution in [-0.4, -0.2) is 53.5 Å². The molecule has 0 spiro atoms. The van der Waals surface area contributed by atoms with Gasteiger partial charge >= 0.3 is 11.9 Å². The molecule has 1 aromatic heterocycles. The average Bonchev–Trinajstić information content (AvgIpc) is 3.67. The van der Waals surface area contributed by atoms with Gasteiger partial charge in [0.15, 0.2) is 11.7 Å². The summed E-state index contributed by atoms with van der Waals surface area (Å²) >= 11 is 0. The molecule has 0 amide bonds. The van der Waals surface area contributed by atoms with Gasteiger partial charge in [-0.3, -0.25) is 4.79 Å². The van der Waals surface area contributed by atoms with Crippen molar-refractivity contribution in [2.24, 2.45) is 0 Å². The molecule has 0 unspecified atom stereocenters. The van der Waals surface area contributed by atoms with Crippen molar-refractivity contribution in [3.63, 3.8) is 0 Å². The third kappa shape index (κ3) is 19.2. The first-order valence-electron chi connectivity index (χ1n) is 20.1. The topological polar surface area (TPSA) is 132 Å². The molecule has 10 heteroatoms. The van der Waals surface area contributed by atoms with Gasteiger partial charge in [0.25, 0.3) is 6.01 Å². The second kappa shape index (κ2) is 28.4. The van der Waals surface area contributed by atoms with Crippen molar-refractivity contribution in [3.8, 4) is 17.2 Å². The van der Waals surface area contributed by atoms with Gasteiger partial charge in [0.1, 0.15) is 22.8 Å². The lowest BCUT2D eigenvalue weighted by Gasteiger charge is -2.21. The Morgan fingerprint density at radius 3 is 2.00 bits per heavy atom. The molecule has 2 N–H and O–H groups in total. The van der Waals surface area contributed by atoms with E-state index in [0.717, 1.165) is 79.5 Å². The Bertz CT molecular complexity index is 1880. The molecule has 4 rings (SSSR count). The number of carboxylic acid groups (broad SMARTS) is 2. The number of anilines is 1. The number of fused-ring (bicyclic) bond motifs is 1. The molecule has 0 saturated carbocycles. The maximum absolute atomic E-state index is 11.4. The van der Waals surface area contributed by atoms with Gasteiger partial charge in [-0.15, -0.1) is 0 Å². The third-order valence-electron chi connectivity index (χ3n) is 8.57. The lowest BCUT2D eigenvalue weighted by atomic mass is 10.2. The summed E-state index contributed by atoms with van der Waals surface area (Å²) in [7, 11) is 1.63. The third-order valence-corrected chi connectivity index (χ3v) is 8.57. The van der Waals surface area contributed by atoms with Crippen molar-refractivity contribution in [1.82, 2.24) is 4.98 Å². The van der Waals surface area contributed by atoms with Crippen molar-refractivity contribution in [2.75, 3.05) is 25.2 Å². The fourth-order valence-electron chi connectivity index (χ4n) is 5.50. The highest BCUT2D eigenvalue weighted by Gasteiger charge is 2.18. The zero-order valence-corrected chi connectivity index (χ0v) is 34.2. The number of ether oxygens (including phenoxy) is 3. The highest BCUT2D eigenvalue weighted by molar-refractivity contribution is 5.74. The maximum atomic E-state index is 11.4. The molecule has 1 heterocycles. The first-order valence-corrected chi connectivity index (χ1v) is 20.1. The number of hydrogen-bond donors (Lipinski definition) is 2. The largest absolute Gasteiger partial charge is 0.497 e. The zero-order chi connectivity index (χ0) is 41.6. The summed E-state index contributed by atoms with van der Waals surface area (Å²) in [6, 6.07) is 23.1. The van der Waals surface area contributed by atoms with Crippen LogP contribution in [0.15, 0.2) is 138 Å². The minimum atomic E-state index is -0.979. The molecule has 1 atom stereocenters.